The Morgan fingerprint density at radius 3 is 2.39 bits per heavy atom. The van der Waals surface area contributed by atoms with Crippen LogP contribution in [0.3, 0.4) is 0 Å². The van der Waals surface area contributed by atoms with Gasteiger partial charge in [-0.3, -0.25) is 4.79 Å². The van der Waals surface area contributed by atoms with Gasteiger partial charge in [0, 0.05) is 12.8 Å². The molecule has 2 rings (SSSR count). The van der Waals surface area contributed by atoms with E-state index in [9.17, 15) is 4.79 Å². The Kier molecular flexibility index (Phi) is 3.38. The molecule has 1 saturated heterocycles. The molecule has 0 aliphatic carbocycles. The minimum atomic E-state index is -1.80. The van der Waals surface area contributed by atoms with E-state index < -0.39 is 8.24 Å². The highest BCUT2D eigenvalue weighted by atomic mass is 79.9. The SMILES string of the molecule is CC(C)(C)[Si](C)(C)N1C(=O)CC1C1CC(Br)=NO1. The molecule has 1 amide bonds. The minimum Gasteiger partial charge on any atom is -0.389 e. The van der Waals surface area contributed by atoms with E-state index in [1.807, 2.05) is 0 Å². The number of hydrogen-bond acceptors (Lipinski definition) is 3. The van der Waals surface area contributed by atoms with Crippen molar-refractivity contribution in [3.63, 3.8) is 0 Å². The van der Waals surface area contributed by atoms with Crippen LogP contribution in [0, 0.1) is 0 Å². The van der Waals surface area contributed by atoms with Gasteiger partial charge in [0.05, 0.1) is 6.04 Å². The van der Waals surface area contributed by atoms with Crippen molar-refractivity contribution in [3.8, 4) is 0 Å². The second-order valence-corrected chi connectivity index (χ2v) is 12.7. The number of carbonyl (C=O) groups excluding carboxylic acids is 1. The van der Waals surface area contributed by atoms with Crippen molar-refractivity contribution >= 4 is 34.7 Å². The van der Waals surface area contributed by atoms with Crippen molar-refractivity contribution in [2.24, 2.45) is 5.16 Å². The lowest BCUT2D eigenvalue weighted by atomic mass is 9.98. The first-order valence-electron chi connectivity index (χ1n) is 6.35. The molecular formula is C12H21BrN2O2Si. The fraction of sp³-hybridized carbons (Fsp3) is 0.833. The fourth-order valence-electron chi connectivity index (χ4n) is 2.40. The molecule has 2 aliphatic rings. The molecule has 2 atom stereocenters. The van der Waals surface area contributed by atoms with Crippen LogP contribution in [0.2, 0.25) is 18.1 Å². The average Bonchev–Trinajstić information content (AvgIpc) is 2.58. The maximum absolute atomic E-state index is 12.0. The van der Waals surface area contributed by atoms with Crippen LogP contribution in [0.1, 0.15) is 33.6 Å². The number of carbonyl (C=O) groups is 1. The number of halogens is 1. The van der Waals surface area contributed by atoms with E-state index in [0.29, 0.717) is 6.42 Å². The predicted molar refractivity (Wildman–Crippen MR) is 78.3 cm³/mol. The van der Waals surface area contributed by atoms with Gasteiger partial charge in [0.1, 0.15) is 4.62 Å². The molecule has 0 saturated carbocycles. The first-order valence-corrected chi connectivity index (χ1v) is 10.1. The highest BCUT2D eigenvalue weighted by Gasteiger charge is 2.55. The molecule has 0 N–H and O–H groups in total. The van der Waals surface area contributed by atoms with Crippen LogP contribution in [0.25, 0.3) is 0 Å². The van der Waals surface area contributed by atoms with Crippen LogP contribution in [0.5, 0.6) is 0 Å². The summed E-state index contributed by atoms with van der Waals surface area (Å²) >= 11 is 3.36. The largest absolute Gasteiger partial charge is 0.389 e. The van der Waals surface area contributed by atoms with E-state index >= 15 is 0 Å². The topological polar surface area (TPSA) is 41.9 Å². The van der Waals surface area contributed by atoms with Crippen LogP contribution < -0.4 is 0 Å². The van der Waals surface area contributed by atoms with Crippen molar-refractivity contribution in [1.82, 2.24) is 4.57 Å². The Morgan fingerprint density at radius 2 is 2.00 bits per heavy atom. The predicted octanol–water partition coefficient (Wildman–Crippen LogP) is 3.09. The Bertz CT molecular complexity index is 403. The molecule has 4 nitrogen and oxygen atoms in total. The molecule has 2 unspecified atom stereocenters. The normalized spacial score (nSPS) is 28.9. The Labute approximate surface area is 118 Å². The van der Waals surface area contributed by atoms with Gasteiger partial charge in [0.25, 0.3) is 0 Å². The summed E-state index contributed by atoms with van der Waals surface area (Å²) in [6.45, 7) is 11.2. The average molecular weight is 333 g/mol. The molecule has 2 aliphatic heterocycles. The molecule has 6 heteroatoms. The molecule has 0 bridgehead atoms. The van der Waals surface area contributed by atoms with Crippen LogP contribution in [0.4, 0.5) is 0 Å². The van der Waals surface area contributed by atoms with Gasteiger partial charge in [0.15, 0.2) is 14.3 Å². The summed E-state index contributed by atoms with van der Waals surface area (Å²) in [5.41, 5.74) is 0. The maximum atomic E-state index is 12.0. The summed E-state index contributed by atoms with van der Waals surface area (Å²) < 4.78 is 2.97. The monoisotopic (exact) mass is 332 g/mol. The van der Waals surface area contributed by atoms with Gasteiger partial charge in [-0.25, -0.2) is 0 Å². The van der Waals surface area contributed by atoms with E-state index in [2.05, 4.69) is 59.5 Å². The standard InChI is InChI=1S/C12H21BrN2O2Si/c1-12(2,3)18(4,5)15-8(6-11(15)16)9-7-10(13)14-17-9/h8-9H,6-7H2,1-5H3. The zero-order valence-electron chi connectivity index (χ0n) is 11.7. The van der Waals surface area contributed by atoms with Crippen molar-refractivity contribution in [2.45, 2.75) is 63.9 Å². The number of hydrogen-bond donors (Lipinski definition) is 0. The molecule has 1 fully saturated rings. The number of rotatable bonds is 2. The van der Waals surface area contributed by atoms with Crippen molar-refractivity contribution < 1.29 is 9.63 Å². The minimum absolute atomic E-state index is 0.0335. The lowest BCUT2D eigenvalue weighted by Gasteiger charge is -2.55. The number of nitrogens with zero attached hydrogens (tertiary/aromatic N) is 2. The zero-order valence-corrected chi connectivity index (χ0v) is 14.2. The number of β-lactam (4-membered cyclic amide) rings is 1. The quantitative estimate of drug-likeness (QED) is 0.576. The van der Waals surface area contributed by atoms with E-state index in [1.54, 1.807) is 0 Å². The van der Waals surface area contributed by atoms with Gasteiger partial charge < -0.3 is 9.40 Å². The molecule has 0 aromatic rings. The lowest BCUT2D eigenvalue weighted by Crippen LogP contribution is -2.70. The molecule has 2 heterocycles. The first kappa shape index (κ1) is 14.1. The maximum Gasteiger partial charge on any atom is 0.217 e. The number of oxime groups is 1. The smallest absolute Gasteiger partial charge is 0.217 e. The third-order valence-corrected chi connectivity index (χ3v) is 10.4. The van der Waals surface area contributed by atoms with Gasteiger partial charge in [-0.1, -0.05) is 39.0 Å². The molecule has 0 aromatic carbocycles. The van der Waals surface area contributed by atoms with Gasteiger partial charge in [0.2, 0.25) is 5.91 Å². The third kappa shape index (κ3) is 2.13. The highest BCUT2D eigenvalue weighted by molar-refractivity contribution is 9.18. The Hall–Kier alpha value is -0.363. The van der Waals surface area contributed by atoms with Crippen LogP contribution in [-0.2, 0) is 9.63 Å². The third-order valence-electron chi connectivity index (χ3n) is 4.51. The summed E-state index contributed by atoms with van der Waals surface area (Å²) in [7, 11) is -1.80. The molecular weight excluding hydrogens is 312 g/mol. The number of amides is 1. The van der Waals surface area contributed by atoms with E-state index in [4.69, 9.17) is 4.84 Å². The summed E-state index contributed by atoms with van der Waals surface area (Å²) in [4.78, 5) is 17.5. The van der Waals surface area contributed by atoms with E-state index in [-0.39, 0.29) is 23.1 Å². The summed E-state index contributed by atoms with van der Waals surface area (Å²) in [6.07, 6.45) is 1.42. The zero-order chi connectivity index (χ0) is 13.7. The molecule has 0 radical (unpaired) electrons. The molecule has 18 heavy (non-hydrogen) atoms. The summed E-state index contributed by atoms with van der Waals surface area (Å²) in [5.74, 6) is 0.276. The lowest BCUT2D eigenvalue weighted by molar-refractivity contribution is -0.145. The summed E-state index contributed by atoms with van der Waals surface area (Å²) in [5, 5.41) is 4.10. The van der Waals surface area contributed by atoms with Gasteiger partial charge in [-0.15, -0.1) is 0 Å². The highest BCUT2D eigenvalue weighted by Crippen LogP contribution is 2.44. The van der Waals surface area contributed by atoms with Gasteiger partial charge in [-0.2, -0.15) is 0 Å². The van der Waals surface area contributed by atoms with Crippen LogP contribution in [-0.4, -0.2) is 35.5 Å². The van der Waals surface area contributed by atoms with Crippen molar-refractivity contribution in [3.05, 3.63) is 0 Å². The second-order valence-electron chi connectivity index (χ2n) is 6.66. The fourth-order valence-corrected chi connectivity index (χ4v) is 5.32. The van der Waals surface area contributed by atoms with Crippen molar-refractivity contribution in [2.75, 3.05) is 0 Å². The summed E-state index contributed by atoms with van der Waals surface area (Å²) in [6, 6.07) is 0.206. The van der Waals surface area contributed by atoms with Crippen molar-refractivity contribution in [1.29, 1.82) is 0 Å². The van der Waals surface area contributed by atoms with E-state index in [0.717, 1.165) is 11.0 Å². The van der Waals surface area contributed by atoms with E-state index in [1.165, 1.54) is 0 Å². The Balaban J connectivity index is 2.14. The second kappa shape index (κ2) is 4.33. The first-order chi connectivity index (χ1) is 8.14. The van der Waals surface area contributed by atoms with Crippen LogP contribution >= 0.6 is 15.9 Å². The van der Waals surface area contributed by atoms with Gasteiger partial charge >= 0.3 is 0 Å². The van der Waals surface area contributed by atoms with Gasteiger partial charge in [-0.05, 0) is 21.0 Å². The molecule has 0 spiro atoms. The Morgan fingerprint density at radius 1 is 1.39 bits per heavy atom. The van der Waals surface area contributed by atoms with Crippen LogP contribution in [0.15, 0.2) is 5.16 Å². The molecule has 0 aromatic heterocycles. The molecule has 102 valence electrons.